The van der Waals surface area contributed by atoms with Crippen LogP contribution in [0.15, 0.2) is 24.3 Å². The molecular formula is C10H15N5. The maximum absolute atomic E-state index is 3.81. The van der Waals surface area contributed by atoms with Gasteiger partial charge in [-0.2, -0.15) is 0 Å². The number of rotatable bonds is 0. The number of aromatic amines is 1. The lowest BCUT2D eigenvalue weighted by Gasteiger charge is -2.11. The van der Waals surface area contributed by atoms with E-state index < -0.39 is 0 Å². The maximum Gasteiger partial charge on any atom is 0.112 e. The maximum atomic E-state index is 3.81. The molecule has 5 nitrogen and oxygen atoms in total. The number of nitrogens with one attached hydrogen (secondary N) is 3. The Morgan fingerprint density at radius 1 is 0.933 bits per heavy atom. The smallest absolute Gasteiger partial charge is 0.112 e. The first-order valence-corrected chi connectivity index (χ1v) is 5.14. The molecule has 2 heterocycles. The third-order valence-corrected chi connectivity index (χ3v) is 2.19. The molecule has 0 spiro atoms. The van der Waals surface area contributed by atoms with Crippen molar-refractivity contribution in [3.63, 3.8) is 0 Å². The van der Waals surface area contributed by atoms with Gasteiger partial charge in [0, 0.05) is 26.2 Å². The van der Waals surface area contributed by atoms with E-state index in [0.717, 1.165) is 37.2 Å². The Morgan fingerprint density at radius 3 is 2.20 bits per heavy atom. The van der Waals surface area contributed by atoms with Crippen molar-refractivity contribution in [2.24, 2.45) is 0 Å². The SMILES string of the molecule is C1CNCCN1.c1ccc2[nH]nnc2c1. The van der Waals surface area contributed by atoms with Crippen LogP contribution in [-0.2, 0) is 0 Å². The summed E-state index contributed by atoms with van der Waals surface area (Å²) in [5.74, 6) is 0. The molecule has 0 atom stereocenters. The Labute approximate surface area is 88.3 Å². The second-order valence-corrected chi connectivity index (χ2v) is 3.33. The van der Waals surface area contributed by atoms with Gasteiger partial charge in [-0.25, -0.2) is 0 Å². The van der Waals surface area contributed by atoms with Gasteiger partial charge in [0.05, 0.1) is 5.52 Å². The van der Waals surface area contributed by atoms with E-state index in [1.807, 2.05) is 24.3 Å². The lowest BCUT2D eigenvalue weighted by atomic mass is 10.3. The summed E-state index contributed by atoms with van der Waals surface area (Å²) in [6.07, 6.45) is 0. The molecule has 0 radical (unpaired) electrons. The first kappa shape index (κ1) is 10.1. The first-order valence-electron chi connectivity index (χ1n) is 5.14. The predicted octanol–water partition coefficient (Wildman–Crippen LogP) is 0.137. The van der Waals surface area contributed by atoms with Crippen LogP contribution in [0.1, 0.15) is 0 Å². The second kappa shape index (κ2) is 5.43. The van der Waals surface area contributed by atoms with Crippen LogP contribution in [0.4, 0.5) is 0 Å². The third kappa shape index (κ3) is 3.00. The van der Waals surface area contributed by atoms with Crippen LogP contribution in [0.25, 0.3) is 11.0 Å². The number of nitrogens with zero attached hydrogens (tertiary/aromatic N) is 2. The molecule has 80 valence electrons. The van der Waals surface area contributed by atoms with Crippen molar-refractivity contribution in [3.05, 3.63) is 24.3 Å². The number of hydrogen-bond acceptors (Lipinski definition) is 4. The molecule has 5 heteroatoms. The molecule has 3 rings (SSSR count). The van der Waals surface area contributed by atoms with Gasteiger partial charge in [0.1, 0.15) is 5.52 Å². The molecule has 0 saturated carbocycles. The number of H-pyrrole nitrogens is 1. The summed E-state index contributed by atoms with van der Waals surface area (Å²) in [5, 5.41) is 16.6. The fourth-order valence-electron chi connectivity index (χ4n) is 1.39. The van der Waals surface area contributed by atoms with Gasteiger partial charge in [0.2, 0.25) is 0 Å². The van der Waals surface area contributed by atoms with Crippen molar-refractivity contribution < 1.29 is 0 Å². The van der Waals surface area contributed by atoms with Crippen LogP contribution in [0.3, 0.4) is 0 Å². The monoisotopic (exact) mass is 205 g/mol. The van der Waals surface area contributed by atoms with E-state index in [4.69, 9.17) is 0 Å². The zero-order chi connectivity index (χ0) is 10.3. The summed E-state index contributed by atoms with van der Waals surface area (Å²) in [7, 11) is 0. The molecule has 0 amide bonds. The van der Waals surface area contributed by atoms with Crippen LogP contribution < -0.4 is 10.6 Å². The minimum atomic E-state index is 0.914. The Hall–Kier alpha value is -1.46. The first-order chi connectivity index (χ1) is 7.47. The largest absolute Gasteiger partial charge is 0.314 e. The zero-order valence-electron chi connectivity index (χ0n) is 8.53. The fourth-order valence-corrected chi connectivity index (χ4v) is 1.39. The normalized spacial score (nSPS) is 15.7. The topological polar surface area (TPSA) is 65.6 Å². The van der Waals surface area contributed by atoms with E-state index in [-0.39, 0.29) is 0 Å². The molecule has 1 aliphatic heterocycles. The van der Waals surface area contributed by atoms with E-state index in [1.54, 1.807) is 0 Å². The minimum absolute atomic E-state index is 0.914. The van der Waals surface area contributed by atoms with E-state index in [2.05, 4.69) is 26.0 Å². The summed E-state index contributed by atoms with van der Waals surface area (Å²) >= 11 is 0. The lowest BCUT2D eigenvalue weighted by molar-refractivity contribution is 0.534. The number of benzene rings is 1. The molecule has 1 aromatic heterocycles. The average Bonchev–Trinajstić information content (AvgIpc) is 2.80. The number of hydrogen-bond donors (Lipinski definition) is 3. The van der Waals surface area contributed by atoms with E-state index in [1.165, 1.54) is 0 Å². The van der Waals surface area contributed by atoms with Crippen molar-refractivity contribution in [2.75, 3.05) is 26.2 Å². The lowest BCUT2D eigenvalue weighted by Crippen LogP contribution is -2.39. The molecule has 1 aromatic carbocycles. The van der Waals surface area contributed by atoms with Gasteiger partial charge in [-0.3, -0.25) is 5.10 Å². The molecule has 3 N–H and O–H groups in total. The number of para-hydroxylation sites is 1. The molecule has 0 aliphatic carbocycles. The summed E-state index contributed by atoms with van der Waals surface area (Å²) < 4.78 is 0. The van der Waals surface area contributed by atoms with E-state index in [9.17, 15) is 0 Å². The highest BCUT2D eigenvalue weighted by Crippen LogP contribution is 2.03. The highest BCUT2D eigenvalue weighted by molar-refractivity contribution is 5.72. The Balaban J connectivity index is 0.000000124. The van der Waals surface area contributed by atoms with Crippen LogP contribution in [-0.4, -0.2) is 41.6 Å². The summed E-state index contributed by atoms with van der Waals surface area (Å²) in [5.41, 5.74) is 1.90. The fraction of sp³-hybridized carbons (Fsp3) is 0.400. The quantitative estimate of drug-likeness (QED) is 0.572. The number of aromatic nitrogens is 3. The van der Waals surface area contributed by atoms with Crippen LogP contribution in [0.5, 0.6) is 0 Å². The number of piperazine rings is 1. The van der Waals surface area contributed by atoms with Gasteiger partial charge in [-0.05, 0) is 12.1 Å². The summed E-state index contributed by atoms with van der Waals surface area (Å²) in [4.78, 5) is 0. The average molecular weight is 205 g/mol. The van der Waals surface area contributed by atoms with Gasteiger partial charge < -0.3 is 10.6 Å². The van der Waals surface area contributed by atoms with Crippen LogP contribution >= 0.6 is 0 Å². The summed E-state index contributed by atoms with van der Waals surface area (Å²) in [6.45, 7) is 4.56. The van der Waals surface area contributed by atoms with Gasteiger partial charge >= 0.3 is 0 Å². The molecular weight excluding hydrogens is 190 g/mol. The highest BCUT2D eigenvalue weighted by atomic mass is 15.3. The third-order valence-electron chi connectivity index (χ3n) is 2.19. The Morgan fingerprint density at radius 2 is 1.60 bits per heavy atom. The van der Waals surface area contributed by atoms with Gasteiger partial charge in [0.25, 0.3) is 0 Å². The second-order valence-electron chi connectivity index (χ2n) is 3.33. The Kier molecular flexibility index (Phi) is 3.64. The predicted molar refractivity (Wildman–Crippen MR) is 59.6 cm³/mol. The van der Waals surface area contributed by atoms with Crippen molar-refractivity contribution >= 4 is 11.0 Å². The van der Waals surface area contributed by atoms with Gasteiger partial charge in [0.15, 0.2) is 0 Å². The van der Waals surface area contributed by atoms with Crippen molar-refractivity contribution in [3.8, 4) is 0 Å². The molecule has 2 aromatic rings. The molecule has 1 fully saturated rings. The molecule has 0 unspecified atom stereocenters. The van der Waals surface area contributed by atoms with Crippen molar-refractivity contribution in [2.45, 2.75) is 0 Å². The van der Waals surface area contributed by atoms with E-state index in [0.29, 0.717) is 0 Å². The number of fused-ring (bicyclic) bond motifs is 1. The molecule has 0 bridgehead atoms. The highest BCUT2D eigenvalue weighted by Gasteiger charge is 1.91. The minimum Gasteiger partial charge on any atom is -0.314 e. The molecule has 15 heavy (non-hydrogen) atoms. The Bertz CT molecular complexity index is 352. The van der Waals surface area contributed by atoms with Gasteiger partial charge in [-0.1, -0.05) is 17.3 Å². The van der Waals surface area contributed by atoms with Crippen LogP contribution in [0.2, 0.25) is 0 Å². The van der Waals surface area contributed by atoms with Gasteiger partial charge in [-0.15, -0.1) is 5.10 Å². The zero-order valence-corrected chi connectivity index (χ0v) is 8.53. The van der Waals surface area contributed by atoms with Crippen molar-refractivity contribution in [1.82, 2.24) is 26.0 Å². The molecule has 1 saturated heterocycles. The summed E-state index contributed by atoms with van der Waals surface area (Å²) in [6, 6.07) is 7.74. The molecule has 1 aliphatic rings. The standard InChI is InChI=1S/C6H5N3.C4H10N2/c1-2-4-6-5(3-1)7-9-8-6;1-2-6-4-3-5-1/h1-4H,(H,7,8,9);5-6H,1-4H2. The van der Waals surface area contributed by atoms with Crippen LogP contribution in [0, 0.1) is 0 Å². The van der Waals surface area contributed by atoms with E-state index >= 15 is 0 Å². The van der Waals surface area contributed by atoms with Crippen molar-refractivity contribution in [1.29, 1.82) is 0 Å².